The van der Waals surface area contributed by atoms with Gasteiger partial charge in [0.2, 0.25) is 0 Å². The first-order valence-corrected chi connectivity index (χ1v) is 14.7. The predicted octanol–water partition coefficient (Wildman–Crippen LogP) is 9.32. The third-order valence-electron chi connectivity index (χ3n) is 5.18. The molecule has 0 aliphatic heterocycles. The normalized spacial score (nSPS) is 10.2. The number of fused-ring (bicyclic) bond motifs is 3. The summed E-state index contributed by atoms with van der Waals surface area (Å²) >= 11 is 6.00. The van der Waals surface area contributed by atoms with Crippen LogP contribution in [-0.4, -0.2) is 9.97 Å². The van der Waals surface area contributed by atoms with E-state index in [1.54, 1.807) is 0 Å². The van der Waals surface area contributed by atoms with E-state index in [9.17, 15) is 0 Å². The zero-order valence-corrected chi connectivity index (χ0v) is 23.2. The van der Waals surface area contributed by atoms with Crippen LogP contribution in [0.3, 0.4) is 0 Å². The number of hydrogen-bond donors (Lipinski definition) is 0. The standard InChI is InChI=1S/C26H20N2.2CH3.2BrH.Ni/c1-17-15-23(19-9-5-3-6-10-19)21-13-14-22-24(20-11-7-4-8-12-20)16-18(2)28-26(22)25(21)27-17;;;;;/h3-16H,1-2H3;2*1H3;2*1H;/q;2*-1;;;+4/p-2. The number of aromatic nitrogens is 2. The summed E-state index contributed by atoms with van der Waals surface area (Å²) in [7, 11) is 1.25. The molecule has 2 nitrogen and oxygen atoms in total. The van der Waals surface area contributed by atoms with Crippen molar-refractivity contribution in [1.29, 1.82) is 0 Å². The smallest absolute Gasteiger partial charge is 0.358 e. The molecule has 2 heterocycles. The van der Waals surface area contributed by atoms with Crippen molar-refractivity contribution in [1.82, 2.24) is 9.97 Å². The number of benzene rings is 3. The monoisotopic (exact) mass is 606 g/mol. The predicted molar refractivity (Wildman–Crippen MR) is 148 cm³/mol. The molecule has 0 aliphatic carbocycles. The molecule has 0 atom stereocenters. The topological polar surface area (TPSA) is 25.8 Å². The van der Waals surface area contributed by atoms with E-state index >= 15 is 0 Å². The third-order valence-corrected chi connectivity index (χ3v) is 5.18. The summed E-state index contributed by atoms with van der Waals surface area (Å²) in [6.07, 6.45) is 0. The van der Waals surface area contributed by atoms with Crippen LogP contribution in [0.5, 0.6) is 0 Å². The Kier molecular flexibility index (Phi) is 10.2. The van der Waals surface area contributed by atoms with E-state index in [1.165, 1.54) is 33.2 Å². The SMILES string of the molecule is Cc1cc(-c2ccccc2)c2ccc3c(-c4ccccc4)cc(C)nc3c2n1.[Br][Ni+2][Br].[CH3-].[CH3-]. The van der Waals surface area contributed by atoms with Gasteiger partial charge in [-0.15, -0.1) is 0 Å². The van der Waals surface area contributed by atoms with E-state index < -0.39 is 0 Å². The molecule has 0 spiro atoms. The van der Waals surface area contributed by atoms with Crippen molar-refractivity contribution in [2.45, 2.75) is 13.8 Å². The van der Waals surface area contributed by atoms with E-state index in [4.69, 9.17) is 9.97 Å². The van der Waals surface area contributed by atoms with Crippen molar-refractivity contribution in [2.24, 2.45) is 0 Å². The van der Waals surface area contributed by atoms with E-state index in [2.05, 4.69) is 115 Å². The first-order valence-electron chi connectivity index (χ1n) is 9.77. The largest absolute Gasteiger partial charge is 0.358 e. The van der Waals surface area contributed by atoms with Gasteiger partial charge in [0.1, 0.15) is 0 Å². The van der Waals surface area contributed by atoms with Gasteiger partial charge in [0.15, 0.2) is 0 Å². The van der Waals surface area contributed by atoms with E-state index in [0.717, 1.165) is 33.2 Å². The Morgan fingerprint density at radius 3 is 1.24 bits per heavy atom. The van der Waals surface area contributed by atoms with Crippen LogP contribution < -0.4 is 0 Å². The molecule has 172 valence electrons. The molecule has 0 bridgehead atoms. The van der Waals surface area contributed by atoms with Crippen molar-refractivity contribution < 1.29 is 10.9 Å². The van der Waals surface area contributed by atoms with Crippen LogP contribution in [0.4, 0.5) is 0 Å². The number of nitrogens with zero attached hydrogens (tertiary/aromatic N) is 2. The summed E-state index contributed by atoms with van der Waals surface area (Å²) in [6.45, 7) is 4.11. The summed E-state index contributed by atoms with van der Waals surface area (Å²) in [6, 6.07) is 29.7. The number of pyridine rings is 2. The van der Waals surface area contributed by atoms with Crippen molar-refractivity contribution >= 4 is 50.3 Å². The van der Waals surface area contributed by atoms with Crippen molar-refractivity contribution in [2.75, 3.05) is 0 Å². The minimum atomic E-state index is 0. The van der Waals surface area contributed by atoms with Gasteiger partial charge < -0.3 is 14.9 Å². The first-order chi connectivity index (χ1) is 15.1. The molecule has 0 saturated carbocycles. The maximum Gasteiger partial charge on any atom is -0.358 e. The number of rotatable bonds is 2. The number of hydrogen-bond acceptors (Lipinski definition) is 2. The number of aryl methyl sites for hydroxylation is 2. The van der Waals surface area contributed by atoms with E-state index in [-0.39, 0.29) is 14.9 Å². The molecule has 0 fully saturated rings. The van der Waals surface area contributed by atoms with Gasteiger partial charge in [-0.2, -0.15) is 0 Å². The molecule has 3 aromatic carbocycles. The minimum absolute atomic E-state index is 0. The van der Waals surface area contributed by atoms with E-state index in [1.807, 2.05) is 12.1 Å². The van der Waals surface area contributed by atoms with Crippen molar-refractivity contribution in [3.63, 3.8) is 0 Å². The summed E-state index contributed by atoms with van der Waals surface area (Å²) < 4.78 is 0. The van der Waals surface area contributed by atoms with Crippen LogP contribution in [0.2, 0.25) is 0 Å². The fraction of sp³-hybridized carbons (Fsp3) is 0.0714. The van der Waals surface area contributed by atoms with Crippen LogP contribution in [0.25, 0.3) is 44.1 Å². The molecule has 0 saturated heterocycles. The van der Waals surface area contributed by atoms with Gasteiger partial charge in [0.05, 0.1) is 11.0 Å². The molecule has 0 radical (unpaired) electrons. The van der Waals surface area contributed by atoms with Crippen LogP contribution in [0.1, 0.15) is 11.4 Å². The van der Waals surface area contributed by atoms with Crippen LogP contribution >= 0.6 is 28.5 Å². The fourth-order valence-electron chi connectivity index (χ4n) is 3.94. The average molecular weight is 609 g/mol. The zero-order chi connectivity index (χ0) is 21.8. The Morgan fingerprint density at radius 2 is 0.909 bits per heavy atom. The maximum atomic E-state index is 4.90. The molecule has 2 aromatic heterocycles. The van der Waals surface area contributed by atoms with Gasteiger partial charge in [-0.3, -0.25) is 9.97 Å². The van der Waals surface area contributed by atoms with Gasteiger partial charge in [-0.25, -0.2) is 0 Å². The Morgan fingerprint density at radius 1 is 0.576 bits per heavy atom. The molecule has 5 heteroatoms. The number of halogens is 2. The van der Waals surface area contributed by atoms with E-state index in [0.29, 0.717) is 0 Å². The summed E-state index contributed by atoms with van der Waals surface area (Å²) in [5, 5.41) is 2.28. The Labute approximate surface area is 217 Å². The maximum absolute atomic E-state index is 4.90. The Bertz CT molecular complexity index is 1240. The summed E-state index contributed by atoms with van der Waals surface area (Å²) in [5.74, 6) is 0. The Balaban J connectivity index is 0.000000733. The molecular formula is C28H26Br2N2Ni. The van der Waals surface area contributed by atoms with Gasteiger partial charge >= 0.3 is 39.3 Å². The third kappa shape index (κ3) is 5.90. The van der Waals surface area contributed by atoms with Gasteiger partial charge in [0, 0.05) is 22.2 Å². The van der Waals surface area contributed by atoms with Crippen LogP contribution in [0, 0.1) is 28.7 Å². The second-order valence-electron chi connectivity index (χ2n) is 7.26. The van der Waals surface area contributed by atoms with Crippen LogP contribution in [-0.2, 0) is 10.9 Å². The van der Waals surface area contributed by atoms with Crippen molar-refractivity contribution in [3.8, 4) is 22.3 Å². The summed E-state index contributed by atoms with van der Waals surface area (Å²) in [4.78, 5) is 9.81. The fourth-order valence-corrected chi connectivity index (χ4v) is 3.94. The quantitative estimate of drug-likeness (QED) is 0.113. The second kappa shape index (κ2) is 12.4. The molecule has 0 amide bonds. The molecule has 0 aliphatic rings. The Hall–Kier alpha value is -2.07. The molecule has 0 unspecified atom stereocenters. The average Bonchev–Trinajstić information content (AvgIpc) is 2.80. The molecule has 33 heavy (non-hydrogen) atoms. The summed E-state index contributed by atoms with van der Waals surface area (Å²) in [5.41, 5.74) is 8.76. The molecule has 5 aromatic rings. The molecular weight excluding hydrogens is 583 g/mol. The van der Waals surface area contributed by atoms with Gasteiger partial charge in [0.25, 0.3) is 0 Å². The molecule has 0 N–H and O–H groups in total. The van der Waals surface area contributed by atoms with Gasteiger partial charge in [-0.05, 0) is 48.2 Å². The second-order valence-corrected chi connectivity index (χ2v) is 12.2. The van der Waals surface area contributed by atoms with Crippen LogP contribution in [0.15, 0.2) is 84.9 Å². The first kappa shape index (κ1) is 27.2. The zero-order valence-electron chi connectivity index (χ0n) is 19.0. The van der Waals surface area contributed by atoms with Crippen molar-refractivity contribution in [3.05, 3.63) is 111 Å². The molecule has 5 rings (SSSR count). The minimum Gasteiger partial charge on any atom is -0.358 e. The van der Waals surface area contributed by atoms with Gasteiger partial charge in [-0.1, -0.05) is 72.8 Å².